The Labute approximate surface area is 104 Å². The quantitative estimate of drug-likeness (QED) is 0.904. The van der Waals surface area contributed by atoms with E-state index in [1.54, 1.807) is 30.1 Å². The van der Waals surface area contributed by atoms with Gasteiger partial charge < -0.3 is 9.88 Å². The van der Waals surface area contributed by atoms with Gasteiger partial charge in [-0.25, -0.2) is 4.98 Å². The van der Waals surface area contributed by atoms with Crippen LogP contribution in [0, 0.1) is 0 Å². The molecule has 4 nitrogen and oxygen atoms in total. The predicted molar refractivity (Wildman–Crippen MR) is 66.7 cm³/mol. The zero-order valence-corrected chi connectivity index (χ0v) is 10.1. The fourth-order valence-electron chi connectivity index (χ4n) is 1.56. The Hall–Kier alpha value is -1.81. The number of hydrogen-bond acceptors (Lipinski definition) is 2. The molecule has 0 aliphatic carbocycles. The summed E-state index contributed by atoms with van der Waals surface area (Å²) in [5.41, 5.74) is 0.895. The molecule has 17 heavy (non-hydrogen) atoms. The highest BCUT2D eigenvalue weighted by Gasteiger charge is 2.08. The molecule has 0 spiro atoms. The number of benzene rings is 1. The molecule has 2 aromatic rings. The van der Waals surface area contributed by atoms with E-state index in [9.17, 15) is 4.79 Å². The summed E-state index contributed by atoms with van der Waals surface area (Å²) in [5.74, 6) is 0.669. The first-order valence-electron chi connectivity index (χ1n) is 5.18. The standard InChI is InChI=1S/C12H12ClN3O/c1-14-11(17)8-16-6-5-15-12(16)9-3-2-4-10(13)7-9/h2-7H,8H2,1H3,(H,14,17). The second-order valence-electron chi connectivity index (χ2n) is 3.56. The summed E-state index contributed by atoms with van der Waals surface area (Å²) >= 11 is 5.93. The summed E-state index contributed by atoms with van der Waals surface area (Å²) in [6.45, 7) is 0.248. The summed E-state index contributed by atoms with van der Waals surface area (Å²) in [5, 5.41) is 3.23. The minimum atomic E-state index is -0.0636. The maximum absolute atomic E-state index is 11.3. The Kier molecular flexibility index (Phi) is 3.44. The van der Waals surface area contributed by atoms with Crippen molar-refractivity contribution in [2.75, 3.05) is 7.05 Å². The van der Waals surface area contributed by atoms with Crippen LogP contribution in [0.3, 0.4) is 0 Å². The van der Waals surface area contributed by atoms with E-state index in [0.717, 1.165) is 11.4 Å². The van der Waals surface area contributed by atoms with Crippen LogP contribution in [0.5, 0.6) is 0 Å². The number of nitrogens with zero attached hydrogens (tertiary/aromatic N) is 2. The smallest absolute Gasteiger partial charge is 0.239 e. The summed E-state index contributed by atoms with van der Waals surface area (Å²) in [6.07, 6.45) is 3.44. The normalized spacial score (nSPS) is 10.2. The van der Waals surface area contributed by atoms with E-state index in [1.807, 2.05) is 18.2 Å². The molecule has 5 heteroatoms. The molecule has 0 saturated heterocycles. The maximum atomic E-state index is 11.3. The molecule has 1 amide bonds. The highest BCUT2D eigenvalue weighted by molar-refractivity contribution is 6.30. The van der Waals surface area contributed by atoms with E-state index in [0.29, 0.717) is 5.02 Å². The second-order valence-corrected chi connectivity index (χ2v) is 4.00. The lowest BCUT2D eigenvalue weighted by Crippen LogP contribution is -2.23. The van der Waals surface area contributed by atoms with Gasteiger partial charge in [0.05, 0.1) is 0 Å². The lowest BCUT2D eigenvalue weighted by molar-refractivity contribution is -0.121. The summed E-state index contributed by atoms with van der Waals surface area (Å²) in [4.78, 5) is 15.6. The molecule has 1 N–H and O–H groups in total. The fourth-order valence-corrected chi connectivity index (χ4v) is 1.75. The van der Waals surface area contributed by atoms with Crippen molar-refractivity contribution in [1.82, 2.24) is 14.9 Å². The van der Waals surface area contributed by atoms with Crippen LogP contribution in [0.4, 0.5) is 0 Å². The van der Waals surface area contributed by atoms with Gasteiger partial charge in [-0.3, -0.25) is 4.79 Å². The van der Waals surface area contributed by atoms with Gasteiger partial charge in [0.25, 0.3) is 0 Å². The first-order chi connectivity index (χ1) is 8.20. The van der Waals surface area contributed by atoms with E-state index in [1.165, 1.54) is 0 Å². The van der Waals surface area contributed by atoms with Crippen molar-refractivity contribution in [3.8, 4) is 11.4 Å². The molecule has 0 fully saturated rings. The van der Waals surface area contributed by atoms with Gasteiger partial charge in [-0.1, -0.05) is 23.7 Å². The number of likely N-dealkylation sites (N-methyl/N-ethyl adjacent to an activating group) is 1. The summed E-state index contributed by atoms with van der Waals surface area (Å²) in [6, 6.07) is 7.40. The Bertz CT molecular complexity index is 536. The van der Waals surface area contributed by atoms with Crippen LogP contribution >= 0.6 is 11.6 Å². The first kappa shape index (κ1) is 11.7. The lowest BCUT2D eigenvalue weighted by atomic mass is 10.2. The van der Waals surface area contributed by atoms with Crippen LogP contribution in [-0.2, 0) is 11.3 Å². The molecule has 2 rings (SSSR count). The van der Waals surface area contributed by atoms with Gasteiger partial charge in [0.2, 0.25) is 5.91 Å². The van der Waals surface area contributed by atoms with E-state index >= 15 is 0 Å². The van der Waals surface area contributed by atoms with Gasteiger partial charge in [-0.2, -0.15) is 0 Å². The minimum Gasteiger partial charge on any atom is -0.358 e. The molecule has 88 valence electrons. The van der Waals surface area contributed by atoms with Crippen molar-refractivity contribution in [1.29, 1.82) is 0 Å². The Balaban J connectivity index is 2.33. The van der Waals surface area contributed by atoms with Gasteiger partial charge in [-0.05, 0) is 12.1 Å². The Morgan fingerprint density at radius 1 is 1.53 bits per heavy atom. The fraction of sp³-hybridized carbons (Fsp3) is 0.167. The van der Waals surface area contributed by atoms with E-state index in [2.05, 4.69) is 10.3 Å². The third kappa shape index (κ3) is 2.65. The number of hydrogen-bond donors (Lipinski definition) is 1. The molecule has 0 atom stereocenters. The molecule has 0 aliphatic rings. The van der Waals surface area contributed by atoms with Gasteiger partial charge in [0.15, 0.2) is 0 Å². The molecule has 0 unspecified atom stereocenters. The first-order valence-corrected chi connectivity index (χ1v) is 5.56. The third-order valence-electron chi connectivity index (χ3n) is 2.39. The number of rotatable bonds is 3. The number of imidazole rings is 1. The molecule has 1 aromatic heterocycles. The number of aromatic nitrogens is 2. The topological polar surface area (TPSA) is 46.9 Å². The van der Waals surface area contributed by atoms with Crippen LogP contribution < -0.4 is 5.32 Å². The average Bonchev–Trinajstić information content (AvgIpc) is 2.77. The van der Waals surface area contributed by atoms with Gasteiger partial charge in [-0.15, -0.1) is 0 Å². The van der Waals surface area contributed by atoms with Crippen molar-refractivity contribution in [2.24, 2.45) is 0 Å². The summed E-state index contributed by atoms with van der Waals surface area (Å²) in [7, 11) is 1.61. The van der Waals surface area contributed by atoms with Gasteiger partial charge in [0, 0.05) is 30.0 Å². The van der Waals surface area contributed by atoms with Crippen molar-refractivity contribution >= 4 is 17.5 Å². The zero-order valence-electron chi connectivity index (χ0n) is 9.35. The van der Waals surface area contributed by atoms with Gasteiger partial charge in [0.1, 0.15) is 12.4 Å². The molecule has 0 radical (unpaired) electrons. The molecule has 0 bridgehead atoms. The van der Waals surface area contributed by atoms with Crippen molar-refractivity contribution in [3.05, 3.63) is 41.7 Å². The highest BCUT2D eigenvalue weighted by atomic mass is 35.5. The largest absolute Gasteiger partial charge is 0.358 e. The van der Waals surface area contributed by atoms with Crippen molar-refractivity contribution in [2.45, 2.75) is 6.54 Å². The average molecular weight is 250 g/mol. The monoisotopic (exact) mass is 249 g/mol. The minimum absolute atomic E-state index is 0.0636. The van der Waals surface area contributed by atoms with E-state index < -0.39 is 0 Å². The number of amides is 1. The van der Waals surface area contributed by atoms with Crippen LogP contribution in [0.25, 0.3) is 11.4 Å². The predicted octanol–water partition coefficient (Wildman–Crippen LogP) is 1.95. The molecule has 1 aromatic carbocycles. The number of carbonyl (C=O) groups is 1. The molecular weight excluding hydrogens is 238 g/mol. The summed E-state index contributed by atoms with van der Waals surface area (Å²) < 4.78 is 1.78. The SMILES string of the molecule is CNC(=O)Cn1ccnc1-c1cccc(Cl)c1. The lowest BCUT2D eigenvalue weighted by Gasteiger charge is -2.07. The highest BCUT2D eigenvalue weighted by Crippen LogP contribution is 2.21. The second kappa shape index (κ2) is 5.01. The number of halogens is 1. The molecule has 0 aliphatic heterocycles. The van der Waals surface area contributed by atoms with E-state index in [4.69, 9.17) is 11.6 Å². The van der Waals surface area contributed by atoms with E-state index in [-0.39, 0.29) is 12.5 Å². The Morgan fingerprint density at radius 2 is 2.35 bits per heavy atom. The molecular formula is C12H12ClN3O. The zero-order chi connectivity index (χ0) is 12.3. The number of carbonyl (C=O) groups excluding carboxylic acids is 1. The third-order valence-corrected chi connectivity index (χ3v) is 2.63. The maximum Gasteiger partial charge on any atom is 0.239 e. The van der Waals surface area contributed by atoms with Crippen LogP contribution in [-0.4, -0.2) is 22.5 Å². The van der Waals surface area contributed by atoms with Crippen LogP contribution in [0.2, 0.25) is 5.02 Å². The molecule has 0 saturated carbocycles. The van der Waals surface area contributed by atoms with Crippen molar-refractivity contribution < 1.29 is 4.79 Å². The molecule has 1 heterocycles. The van der Waals surface area contributed by atoms with Crippen LogP contribution in [0.15, 0.2) is 36.7 Å². The van der Waals surface area contributed by atoms with Gasteiger partial charge >= 0.3 is 0 Å². The van der Waals surface area contributed by atoms with Crippen LogP contribution in [0.1, 0.15) is 0 Å². The number of nitrogens with one attached hydrogen (secondary N) is 1. The Morgan fingerprint density at radius 3 is 3.06 bits per heavy atom. The van der Waals surface area contributed by atoms with Crippen molar-refractivity contribution in [3.63, 3.8) is 0 Å².